The van der Waals surface area contributed by atoms with Crippen LogP contribution in [0.5, 0.6) is 0 Å². The zero-order valence-electron chi connectivity index (χ0n) is 20.8. The molecular weight excluding hydrogens is 434 g/mol. The van der Waals surface area contributed by atoms with Crippen molar-refractivity contribution in [2.45, 2.75) is 109 Å². The van der Waals surface area contributed by atoms with Crippen molar-refractivity contribution in [3.05, 3.63) is 34.9 Å². The van der Waals surface area contributed by atoms with E-state index in [-0.39, 0.29) is 24.9 Å². The molecule has 1 amide bonds. The second kappa shape index (κ2) is 17.4. The Bertz CT molecular complexity index is 780. The molecule has 1 saturated heterocycles. The van der Waals surface area contributed by atoms with Gasteiger partial charge in [-0.05, 0) is 38.2 Å². The summed E-state index contributed by atoms with van der Waals surface area (Å²) in [4.78, 5) is 28.2. The number of carbonyl (C=O) groups excluding carboxylic acids is 1. The van der Waals surface area contributed by atoms with Gasteiger partial charge in [0.15, 0.2) is 12.5 Å². The quantitative estimate of drug-likeness (QED) is 0.226. The lowest BCUT2D eigenvalue weighted by atomic mass is 10.1. The molecule has 1 aliphatic rings. The SMILES string of the molecule is CCCCCCCC/C=C\CCCCCCCC(=O)Nc1ccn([C@@H]2CO[C@H](CO)O2)c(=O)n1. The lowest BCUT2D eigenvalue weighted by Crippen LogP contribution is -2.29. The molecule has 192 valence electrons. The van der Waals surface area contributed by atoms with Gasteiger partial charge in [-0.15, -0.1) is 0 Å². The van der Waals surface area contributed by atoms with E-state index in [4.69, 9.17) is 14.6 Å². The van der Waals surface area contributed by atoms with E-state index >= 15 is 0 Å². The molecule has 8 heteroatoms. The van der Waals surface area contributed by atoms with Crippen LogP contribution in [0.25, 0.3) is 0 Å². The van der Waals surface area contributed by atoms with Crippen molar-refractivity contribution in [2.24, 2.45) is 0 Å². The maximum absolute atomic E-state index is 12.2. The molecule has 0 bridgehead atoms. The number of allylic oxidation sites excluding steroid dienone is 2. The zero-order valence-corrected chi connectivity index (χ0v) is 20.8. The average Bonchev–Trinajstić information content (AvgIpc) is 3.30. The molecule has 2 N–H and O–H groups in total. The van der Waals surface area contributed by atoms with E-state index in [1.165, 1.54) is 68.6 Å². The molecular formula is C26H43N3O5. The van der Waals surface area contributed by atoms with Gasteiger partial charge in [0.1, 0.15) is 5.82 Å². The molecule has 0 radical (unpaired) electrons. The van der Waals surface area contributed by atoms with E-state index in [9.17, 15) is 9.59 Å². The van der Waals surface area contributed by atoms with E-state index < -0.39 is 18.2 Å². The molecule has 1 aliphatic heterocycles. The molecule has 2 rings (SSSR count). The third kappa shape index (κ3) is 11.4. The highest BCUT2D eigenvalue weighted by Gasteiger charge is 2.27. The van der Waals surface area contributed by atoms with E-state index in [0.717, 1.165) is 25.7 Å². The van der Waals surface area contributed by atoms with Gasteiger partial charge >= 0.3 is 5.69 Å². The monoisotopic (exact) mass is 477 g/mol. The fraction of sp³-hybridized carbons (Fsp3) is 0.731. The summed E-state index contributed by atoms with van der Waals surface area (Å²) in [7, 11) is 0. The normalized spacial score (nSPS) is 18.1. The first-order valence-corrected chi connectivity index (χ1v) is 13.1. The molecule has 0 spiro atoms. The van der Waals surface area contributed by atoms with Crippen LogP contribution in [0.2, 0.25) is 0 Å². The molecule has 34 heavy (non-hydrogen) atoms. The molecule has 0 aliphatic carbocycles. The first-order valence-electron chi connectivity index (χ1n) is 13.1. The molecule has 0 aromatic carbocycles. The molecule has 2 atom stereocenters. The second-order valence-electron chi connectivity index (χ2n) is 8.92. The Morgan fingerprint density at radius 1 is 1.09 bits per heavy atom. The summed E-state index contributed by atoms with van der Waals surface area (Å²) >= 11 is 0. The van der Waals surface area contributed by atoms with E-state index in [0.29, 0.717) is 6.42 Å². The third-order valence-corrected chi connectivity index (χ3v) is 5.96. The van der Waals surface area contributed by atoms with Crippen molar-refractivity contribution in [1.82, 2.24) is 9.55 Å². The van der Waals surface area contributed by atoms with E-state index in [1.807, 2.05) is 0 Å². The van der Waals surface area contributed by atoms with E-state index in [1.54, 1.807) is 6.07 Å². The zero-order chi connectivity index (χ0) is 24.4. The summed E-state index contributed by atoms with van der Waals surface area (Å²) in [6, 6.07) is 1.56. The highest BCUT2D eigenvalue weighted by atomic mass is 16.7. The summed E-state index contributed by atoms with van der Waals surface area (Å²) in [6.07, 6.45) is 21.0. The average molecular weight is 478 g/mol. The van der Waals surface area contributed by atoms with Crippen molar-refractivity contribution in [2.75, 3.05) is 18.5 Å². The third-order valence-electron chi connectivity index (χ3n) is 5.96. The van der Waals surface area contributed by atoms with Crippen LogP contribution >= 0.6 is 0 Å². The standard InChI is InChI=1S/C26H43N3O5/c1-2-3-4-5-6-7-8-9-10-11-12-13-14-15-16-17-23(31)27-22-18-19-29(26(32)28-22)24-21-33-25(20-30)34-24/h9-10,18-19,24-25,30H,2-8,11-17,20-21H2,1H3,(H,27,28,31,32)/b10-9-/t24-,25-/m0/s1. The van der Waals surface area contributed by atoms with Crippen LogP contribution in [-0.4, -0.2) is 40.1 Å². The topological polar surface area (TPSA) is 103 Å². The van der Waals surface area contributed by atoms with Gasteiger partial charge < -0.3 is 19.9 Å². The number of ether oxygens (including phenoxy) is 2. The predicted octanol–water partition coefficient (Wildman–Crippen LogP) is 5.08. The first kappa shape index (κ1) is 28.2. The van der Waals surface area contributed by atoms with Gasteiger partial charge in [0.2, 0.25) is 5.91 Å². The molecule has 2 heterocycles. The first-order chi connectivity index (χ1) is 16.6. The van der Waals surface area contributed by atoms with Gasteiger partial charge in [-0.2, -0.15) is 4.98 Å². The molecule has 1 aromatic rings. The van der Waals surface area contributed by atoms with Gasteiger partial charge in [-0.25, -0.2) is 4.79 Å². The maximum Gasteiger partial charge on any atom is 0.351 e. The number of hydrogen-bond donors (Lipinski definition) is 2. The molecule has 8 nitrogen and oxygen atoms in total. The van der Waals surface area contributed by atoms with Crippen LogP contribution in [0.15, 0.2) is 29.2 Å². The minimum atomic E-state index is -0.734. The highest BCUT2D eigenvalue weighted by Crippen LogP contribution is 2.19. The van der Waals surface area contributed by atoms with Gasteiger partial charge in [0.05, 0.1) is 13.2 Å². The largest absolute Gasteiger partial charge is 0.391 e. The van der Waals surface area contributed by atoms with Crippen molar-refractivity contribution in [3.8, 4) is 0 Å². The summed E-state index contributed by atoms with van der Waals surface area (Å²) < 4.78 is 11.9. The number of hydrogen-bond acceptors (Lipinski definition) is 6. The number of aliphatic hydroxyl groups is 1. The molecule has 0 saturated carbocycles. The number of aromatic nitrogens is 2. The number of nitrogens with zero attached hydrogens (tertiary/aromatic N) is 2. The van der Waals surface area contributed by atoms with Crippen molar-refractivity contribution in [1.29, 1.82) is 0 Å². The van der Waals surface area contributed by atoms with E-state index in [2.05, 4.69) is 29.4 Å². The Morgan fingerprint density at radius 3 is 2.35 bits per heavy atom. The number of anilines is 1. The van der Waals surface area contributed by atoms with Crippen molar-refractivity contribution in [3.63, 3.8) is 0 Å². The highest BCUT2D eigenvalue weighted by molar-refractivity contribution is 5.89. The number of carbonyl (C=O) groups is 1. The Balaban J connectivity index is 1.48. The van der Waals surface area contributed by atoms with Crippen LogP contribution in [0.1, 0.15) is 103 Å². The van der Waals surface area contributed by atoms with Crippen molar-refractivity contribution >= 4 is 11.7 Å². The van der Waals surface area contributed by atoms with Gasteiger partial charge in [0, 0.05) is 12.6 Å². The Hall–Kier alpha value is -2.03. The lowest BCUT2D eigenvalue weighted by molar-refractivity contribution is -0.116. The fourth-order valence-corrected chi connectivity index (χ4v) is 3.95. The van der Waals surface area contributed by atoms with Crippen LogP contribution in [0.3, 0.4) is 0 Å². The molecule has 1 fully saturated rings. The summed E-state index contributed by atoms with van der Waals surface area (Å²) in [5, 5.41) is 11.7. The minimum absolute atomic E-state index is 0.136. The number of amides is 1. The van der Waals surface area contributed by atoms with Gasteiger partial charge in [0.25, 0.3) is 0 Å². The number of aliphatic hydroxyl groups excluding tert-OH is 1. The number of rotatable bonds is 18. The van der Waals surface area contributed by atoms with Crippen LogP contribution in [-0.2, 0) is 14.3 Å². The fourth-order valence-electron chi connectivity index (χ4n) is 3.95. The maximum atomic E-state index is 12.2. The number of nitrogens with one attached hydrogen (secondary N) is 1. The number of unbranched alkanes of at least 4 members (excludes halogenated alkanes) is 11. The summed E-state index contributed by atoms with van der Waals surface area (Å²) in [5.74, 6) is 0.0969. The molecule has 1 aromatic heterocycles. The minimum Gasteiger partial charge on any atom is -0.391 e. The lowest BCUT2D eigenvalue weighted by Gasteiger charge is -2.12. The van der Waals surface area contributed by atoms with Crippen LogP contribution in [0.4, 0.5) is 5.82 Å². The Kier molecular flexibility index (Phi) is 14.4. The van der Waals surface area contributed by atoms with Gasteiger partial charge in [-0.1, -0.05) is 70.4 Å². The molecule has 0 unspecified atom stereocenters. The second-order valence-corrected chi connectivity index (χ2v) is 8.92. The van der Waals surface area contributed by atoms with Crippen LogP contribution < -0.4 is 11.0 Å². The van der Waals surface area contributed by atoms with Crippen molar-refractivity contribution < 1.29 is 19.4 Å². The van der Waals surface area contributed by atoms with Gasteiger partial charge in [-0.3, -0.25) is 9.36 Å². The summed E-state index contributed by atoms with van der Waals surface area (Å²) in [6.45, 7) is 2.14. The predicted molar refractivity (Wildman–Crippen MR) is 134 cm³/mol. The smallest absolute Gasteiger partial charge is 0.351 e. The van der Waals surface area contributed by atoms with Crippen LogP contribution in [0, 0.1) is 0 Å². The Morgan fingerprint density at radius 2 is 1.74 bits per heavy atom. The Labute approximate surface area is 203 Å². The summed E-state index contributed by atoms with van der Waals surface area (Å²) in [5.41, 5.74) is -0.536.